The lowest BCUT2D eigenvalue weighted by Gasteiger charge is -2.34. The molecule has 1 saturated heterocycles. The van der Waals surface area contributed by atoms with Crippen LogP contribution >= 0.6 is 0 Å². The minimum absolute atomic E-state index is 0.0662. The molecular formula is C24H32N4O3. The lowest BCUT2D eigenvalue weighted by atomic mass is 10.0. The number of aryl methyl sites for hydroxylation is 3. The first-order valence-electron chi connectivity index (χ1n) is 10.7. The Hall–Kier alpha value is -3.22. The van der Waals surface area contributed by atoms with Gasteiger partial charge in [0.15, 0.2) is 0 Å². The number of urea groups is 1. The summed E-state index contributed by atoms with van der Waals surface area (Å²) in [6, 6.07) is 11.9. The molecule has 3 rings (SSSR count). The summed E-state index contributed by atoms with van der Waals surface area (Å²) in [5.74, 6) is 0.605. The number of amides is 3. The molecule has 1 heterocycles. The van der Waals surface area contributed by atoms with Crippen molar-refractivity contribution >= 4 is 23.3 Å². The van der Waals surface area contributed by atoms with Crippen LogP contribution in [-0.2, 0) is 4.79 Å². The van der Waals surface area contributed by atoms with Crippen molar-refractivity contribution in [2.45, 2.75) is 39.7 Å². The molecule has 0 unspecified atom stereocenters. The zero-order valence-corrected chi connectivity index (χ0v) is 18.7. The Morgan fingerprint density at radius 1 is 1.03 bits per heavy atom. The van der Waals surface area contributed by atoms with Crippen LogP contribution in [0.3, 0.4) is 0 Å². The van der Waals surface area contributed by atoms with Gasteiger partial charge in [-0.3, -0.25) is 4.79 Å². The van der Waals surface area contributed by atoms with Gasteiger partial charge in [0.1, 0.15) is 5.75 Å². The number of nitrogens with one attached hydrogen (secondary N) is 3. The number of hydrogen-bond donors (Lipinski definition) is 3. The molecule has 31 heavy (non-hydrogen) atoms. The Bertz CT molecular complexity index is 896. The Morgan fingerprint density at radius 2 is 1.65 bits per heavy atom. The number of nitrogens with zero attached hydrogens (tertiary/aromatic N) is 1. The molecule has 0 saturated carbocycles. The smallest absolute Gasteiger partial charge is 0.315 e. The summed E-state index contributed by atoms with van der Waals surface area (Å²) in [5, 5.41) is 8.55. The molecule has 0 atom stereocenters. The minimum atomic E-state index is -0.310. The van der Waals surface area contributed by atoms with E-state index >= 15 is 0 Å². The topological polar surface area (TPSA) is 82.7 Å². The fraction of sp³-hybridized carbons (Fsp3) is 0.417. The summed E-state index contributed by atoms with van der Waals surface area (Å²) in [6.07, 6.45) is 1.71. The molecule has 7 nitrogen and oxygen atoms in total. The van der Waals surface area contributed by atoms with Crippen LogP contribution in [0.2, 0.25) is 0 Å². The van der Waals surface area contributed by atoms with Crippen molar-refractivity contribution in [1.82, 2.24) is 10.6 Å². The Kier molecular flexibility index (Phi) is 7.39. The lowest BCUT2D eigenvalue weighted by molar-refractivity contribution is -0.115. The predicted octanol–water partition coefficient (Wildman–Crippen LogP) is 3.53. The van der Waals surface area contributed by atoms with E-state index in [1.165, 1.54) is 0 Å². The molecule has 0 bridgehead atoms. The molecule has 1 aliphatic rings. The van der Waals surface area contributed by atoms with Gasteiger partial charge < -0.3 is 25.6 Å². The first-order chi connectivity index (χ1) is 14.9. The number of rotatable bonds is 6. The van der Waals surface area contributed by atoms with E-state index in [0.29, 0.717) is 0 Å². The maximum Gasteiger partial charge on any atom is 0.315 e. The van der Waals surface area contributed by atoms with Crippen molar-refractivity contribution < 1.29 is 14.3 Å². The van der Waals surface area contributed by atoms with Crippen molar-refractivity contribution in [3.63, 3.8) is 0 Å². The van der Waals surface area contributed by atoms with Gasteiger partial charge in [-0.05, 0) is 69.0 Å². The fourth-order valence-corrected chi connectivity index (χ4v) is 4.03. The van der Waals surface area contributed by atoms with Crippen LogP contribution in [0.15, 0.2) is 36.4 Å². The quantitative estimate of drug-likeness (QED) is 0.663. The highest BCUT2D eigenvalue weighted by Gasteiger charge is 2.21. The van der Waals surface area contributed by atoms with Gasteiger partial charge in [0.25, 0.3) is 0 Å². The van der Waals surface area contributed by atoms with E-state index in [1.54, 1.807) is 7.11 Å². The normalized spacial score (nSPS) is 14.1. The summed E-state index contributed by atoms with van der Waals surface area (Å²) in [7, 11) is 1.66. The second-order valence-electron chi connectivity index (χ2n) is 8.11. The molecule has 166 valence electrons. The van der Waals surface area contributed by atoms with Gasteiger partial charge in [-0.2, -0.15) is 0 Å². The maximum absolute atomic E-state index is 12.3. The van der Waals surface area contributed by atoms with Crippen molar-refractivity contribution in [3.05, 3.63) is 53.1 Å². The van der Waals surface area contributed by atoms with Gasteiger partial charge in [0, 0.05) is 30.5 Å². The Balaban J connectivity index is 1.41. The molecule has 0 aliphatic carbocycles. The summed E-state index contributed by atoms with van der Waals surface area (Å²) in [5.41, 5.74) is 5.15. The number of hydrogen-bond acceptors (Lipinski definition) is 4. The van der Waals surface area contributed by atoms with E-state index in [9.17, 15) is 9.59 Å². The number of piperidine rings is 1. The highest BCUT2D eigenvalue weighted by molar-refractivity contribution is 5.95. The first kappa shape index (κ1) is 22.5. The molecule has 3 N–H and O–H groups in total. The zero-order valence-electron chi connectivity index (χ0n) is 18.7. The fourth-order valence-electron chi connectivity index (χ4n) is 4.03. The van der Waals surface area contributed by atoms with Crippen LogP contribution in [0.25, 0.3) is 0 Å². The number of carbonyl (C=O) groups is 2. The predicted molar refractivity (Wildman–Crippen MR) is 124 cm³/mol. The number of carbonyl (C=O) groups excluding carboxylic acids is 2. The summed E-state index contributed by atoms with van der Waals surface area (Å²) in [6.45, 7) is 7.62. The SMILES string of the molecule is COc1ccc(N2CCC(NC(=O)NCC(=O)Nc3c(C)cc(C)cc3C)CC2)cc1. The lowest BCUT2D eigenvalue weighted by Crippen LogP contribution is -2.49. The van der Waals surface area contributed by atoms with Gasteiger partial charge in [-0.1, -0.05) is 17.7 Å². The molecule has 2 aromatic rings. The monoisotopic (exact) mass is 424 g/mol. The molecule has 0 radical (unpaired) electrons. The van der Waals surface area contributed by atoms with E-state index < -0.39 is 0 Å². The second kappa shape index (κ2) is 10.2. The maximum atomic E-state index is 12.3. The second-order valence-corrected chi connectivity index (χ2v) is 8.11. The number of ether oxygens (including phenoxy) is 1. The third kappa shape index (κ3) is 6.13. The van der Waals surface area contributed by atoms with Crippen LogP contribution in [0.1, 0.15) is 29.5 Å². The van der Waals surface area contributed by atoms with Gasteiger partial charge in [0.2, 0.25) is 5.91 Å². The molecule has 1 aliphatic heterocycles. The highest BCUT2D eigenvalue weighted by atomic mass is 16.5. The largest absolute Gasteiger partial charge is 0.497 e. The molecule has 1 fully saturated rings. The van der Waals surface area contributed by atoms with Crippen LogP contribution in [0, 0.1) is 20.8 Å². The van der Waals surface area contributed by atoms with E-state index in [-0.39, 0.29) is 24.5 Å². The standard InChI is InChI=1S/C24H32N4O3/c1-16-13-17(2)23(18(3)14-16)27-22(29)15-25-24(30)26-19-9-11-28(12-10-19)20-5-7-21(31-4)8-6-20/h5-8,13-14,19H,9-12,15H2,1-4H3,(H,27,29)(H2,25,26,30). The van der Waals surface area contributed by atoms with Crippen LogP contribution in [-0.4, -0.2) is 44.7 Å². The van der Waals surface area contributed by atoms with Gasteiger partial charge in [0.05, 0.1) is 13.7 Å². The zero-order chi connectivity index (χ0) is 22.4. The van der Waals surface area contributed by atoms with Crippen LogP contribution in [0.5, 0.6) is 5.75 Å². The summed E-state index contributed by atoms with van der Waals surface area (Å²) in [4.78, 5) is 26.8. The van der Waals surface area contributed by atoms with Gasteiger partial charge in [-0.15, -0.1) is 0 Å². The summed E-state index contributed by atoms with van der Waals surface area (Å²) >= 11 is 0. The van der Waals surface area contributed by atoms with Crippen LogP contribution in [0.4, 0.5) is 16.2 Å². The molecule has 2 aromatic carbocycles. The molecule has 0 aromatic heterocycles. The van der Waals surface area contributed by atoms with Gasteiger partial charge in [-0.25, -0.2) is 4.79 Å². The Labute approximate surface area is 184 Å². The van der Waals surface area contributed by atoms with Crippen molar-refractivity contribution in [3.8, 4) is 5.75 Å². The third-order valence-corrected chi connectivity index (χ3v) is 5.62. The Morgan fingerprint density at radius 3 is 2.23 bits per heavy atom. The van der Waals surface area contributed by atoms with E-state index in [0.717, 1.165) is 59.7 Å². The van der Waals surface area contributed by atoms with E-state index in [4.69, 9.17) is 4.74 Å². The molecule has 0 spiro atoms. The number of benzene rings is 2. The molecular weight excluding hydrogens is 392 g/mol. The average molecular weight is 425 g/mol. The van der Waals surface area contributed by atoms with Crippen LogP contribution < -0.4 is 25.6 Å². The number of anilines is 2. The van der Waals surface area contributed by atoms with Crippen molar-refractivity contribution in [1.29, 1.82) is 0 Å². The summed E-state index contributed by atoms with van der Waals surface area (Å²) < 4.78 is 5.21. The third-order valence-electron chi connectivity index (χ3n) is 5.62. The molecule has 7 heteroatoms. The van der Waals surface area contributed by atoms with Crippen molar-refractivity contribution in [2.24, 2.45) is 0 Å². The first-order valence-corrected chi connectivity index (χ1v) is 10.7. The minimum Gasteiger partial charge on any atom is -0.497 e. The number of methoxy groups -OCH3 is 1. The molecule has 3 amide bonds. The van der Waals surface area contributed by atoms with Crippen molar-refractivity contribution in [2.75, 3.05) is 37.0 Å². The van der Waals surface area contributed by atoms with Gasteiger partial charge >= 0.3 is 6.03 Å². The average Bonchev–Trinajstić information content (AvgIpc) is 2.75. The van der Waals surface area contributed by atoms with E-state index in [1.807, 2.05) is 45.0 Å². The van der Waals surface area contributed by atoms with E-state index in [2.05, 4.69) is 33.0 Å². The highest BCUT2D eigenvalue weighted by Crippen LogP contribution is 2.23.